The molecule has 0 spiro atoms. The van der Waals surface area contributed by atoms with E-state index in [1.807, 2.05) is 19.1 Å². The van der Waals surface area contributed by atoms with Crippen LogP contribution in [0.1, 0.15) is 28.2 Å². The molecule has 0 radical (unpaired) electrons. The minimum absolute atomic E-state index is 0.0837. The van der Waals surface area contributed by atoms with Gasteiger partial charge in [0.25, 0.3) is 5.91 Å². The lowest BCUT2D eigenvalue weighted by molar-refractivity contribution is 0.0890. The van der Waals surface area contributed by atoms with Crippen molar-refractivity contribution < 1.29 is 9.18 Å². The molecule has 1 N–H and O–H groups in total. The summed E-state index contributed by atoms with van der Waals surface area (Å²) in [5, 5.41) is 5.17. The molecular formula is C24H26FN3OS. The Hall–Kier alpha value is -2.70. The van der Waals surface area contributed by atoms with Gasteiger partial charge in [0.15, 0.2) is 0 Å². The summed E-state index contributed by atoms with van der Waals surface area (Å²) in [4.78, 5) is 18.8. The minimum atomic E-state index is -0.401. The Morgan fingerprint density at radius 3 is 2.43 bits per heavy atom. The molecule has 1 aliphatic heterocycles. The lowest BCUT2D eigenvalue weighted by Gasteiger charge is -2.42. The fraction of sp³-hybridized carbons (Fsp3) is 0.292. The molecule has 30 heavy (non-hydrogen) atoms. The van der Waals surface area contributed by atoms with Crippen molar-refractivity contribution in [1.82, 2.24) is 10.2 Å². The van der Waals surface area contributed by atoms with Crippen molar-refractivity contribution in [3.8, 4) is 0 Å². The second kappa shape index (κ2) is 9.41. The zero-order valence-electron chi connectivity index (χ0n) is 17.0. The lowest BCUT2D eigenvalue weighted by Crippen LogP contribution is -2.52. The number of nitrogens with one attached hydrogen (secondary N) is 1. The lowest BCUT2D eigenvalue weighted by atomic mass is 10.0. The number of nitrogens with zero attached hydrogens (tertiary/aromatic N) is 2. The predicted molar refractivity (Wildman–Crippen MR) is 121 cm³/mol. The van der Waals surface area contributed by atoms with Gasteiger partial charge in [-0.15, -0.1) is 11.3 Å². The van der Waals surface area contributed by atoms with E-state index in [4.69, 9.17) is 0 Å². The van der Waals surface area contributed by atoms with Crippen molar-refractivity contribution in [1.29, 1.82) is 0 Å². The first-order valence-electron chi connectivity index (χ1n) is 10.3. The first-order valence-corrected chi connectivity index (χ1v) is 11.1. The highest BCUT2D eigenvalue weighted by Gasteiger charge is 2.31. The summed E-state index contributed by atoms with van der Waals surface area (Å²) in [6.07, 6.45) is 0. The largest absolute Gasteiger partial charge is 0.369 e. The van der Waals surface area contributed by atoms with Gasteiger partial charge in [-0.2, -0.15) is 0 Å². The third-order valence-electron chi connectivity index (χ3n) is 5.58. The number of para-hydroxylation sites is 1. The van der Waals surface area contributed by atoms with E-state index in [0.717, 1.165) is 26.2 Å². The summed E-state index contributed by atoms with van der Waals surface area (Å²) in [6.45, 7) is 5.74. The smallest absolute Gasteiger partial charge is 0.251 e. The van der Waals surface area contributed by atoms with Crippen molar-refractivity contribution in [2.75, 3.05) is 31.1 Å². The van der Waals surface area contributed by atoms with E-state index in [-0.39, 0.29) is 18.0 Å². The number of piperazine rings is 1. The van der Waals surface area contributed by atoms with Crippen molar-refractivity contribution in [2.45, 2.75) is 19.0 Å². The summed E-state index contributed by atoms with van der Waals surface area (Å²) in [5.74, 6) is -0.645. The second-order valence-corrected chi connectivity index (χ2v) is 8.57. The second-order valence-electron chi connectivity index (χ2n) is 7.59. The Morgan fingerprint density at radius 1 is 1.00 bits per heavy atom. The number of hydrogen-bond acceptors (Lipinski definition) is 4. The summed E-state index contributed by atoms with van der Waals surface area (Å²) in [5.41, 5.74) is 1.60. The molecule has 3 aromatic rings. The molecule has 0 aliphatic carbocycles. The van der Waals surface area contributed by atoms with E-state index in [9.17, 15) is 9.18 Å². The van der Waals surface area contributed by atoms with Crippen molar-refractivity contribution in [3.05, 3.63) is 88.4 Å². The molecule has 6 heteroatoms. The van der Waals surface area contributed by atoms with E-state index < -0.39 is 5.82 Å². The molecule has 4 nitrogen and oxygen atoms in total. The first-order chi connectivity index (χ1) is 14.6. The van der Waals surface area contributed by atoms with E-state index in [1.165, 1.54) is 22.7 Å². The molecule has 2 aromatic carbocycles. The zero-order valence-corrected chi connectivity index (χ0v) is 17.8. The molecule has 1 saturated heterocycles. The Bertz CT molecular complexity index is 956. The van der Waals surface area contributed by atoms with Crippen LogP contribution < -0.4 is 10.2 Å². The number of benzene rings is 2. The molecule has 1 aromatic heterocycles. The highest BCUT2D eigenvalue weighted by atomic mass is 32.1. The van der Waals surface area contributed by atoms with Crippen molar-refractivity contribution in [3.63, 3.8) is 0 Å². The maximum absolute atomic E-state index is 13.5. The maximum Gasteiger partial charge on any atom is 0.251 e. The highest BCUT2D eigenvalue weighted by molar-refractivity contribution is 7.10. The normalized spacial score (nSPS) is 16.8. The maximum atomic E-state index is 13.5. The number of rotatable bonds is 6. The van der Waals surface area contributed by atoms with Crippen LogP contribution in [0.3, 0.4) is 0 Å². The number of thiophene rings is 1. The number of amides is 1. The van der Waals surface area contributed by atoms with E-state index in [2.05, 4.69) is 50.8 Å². The van der Waals surface area contributed by atoms with Gasteiger partial charge < -0.3 is 10.2 Å². The van der Waals surface area contributed by atoms with Crippen LogP contribution in [0.4, 0.5) is 10.1 Å². The molecule has 1 amide bonds. The van der Waals surface area contributed by atoms with E-state index in [0.29, 0.717) is 5.56 Å². The molecular weight excluding hydrogens is 397 g/mol. The Labute approximate surface area is 180 Å². The van der Waals surface area contributed by atoms with Crippen LogP contribution in [0.2, 0.25) is 0 Å². The number of carbonyl (C=O) groups excluding carboxylic acids is 1. The van der Waals surface area contributed by atoms with Gasteiger partial charge in [0, 0.05) is 48.3 Å². The Morgan fingerprint density at radius 2 is 1.77 bits per heavy atom. The SMILES string of the molecule is CC(NC(=O)c1cccc(F)c1)C(c1cccs1)N1CCN(c2ccccc2)CC1. The van der Waals surface area contributed by atoms with Gasteiger partial charge in [0.2, 0.25) is 0 Å². The van der Waals surface area contributed by atoms with Crippen molar-refractivity contribution >= 4 is 22.9 Å². The van der Waals surface area contributed by atoms with Gasteiger partial charge in [0.1, 0.15) is 5.82 Å². The number of carbonyl (C=O) groups is 1. The number of hydrogen-bond donors (Lipinski definition) is 1. The van der Waals surface area contributed by atoms with Crippen LogP contribution in [0.5, 0.6) is 0 Å². The predicted octanol–water partition coefficient (Wildman–Crippen LogP) is 4.57. The average molecular weight is 424 g/mol. The Kier molecular flexibility index (Phi) is 6.45. The van der Waals surface area contributed by atoms with Gasteiger partial charge in [-0.05, 0) is 48.7 Å². The van der Waals surface area contributed by atoms with Gasteiger partial charge in [-0.1, -0.05) is 30.3 Å². The molecule has 0 saturated carbocycles. The molecule has 2 atom stereocenters. The summed E-state index contributed by atoms with van der Waals surface area (Å²) in [6, 6.07) is 20.5. The third-order valence-corrected chi connectivity index (χ3v) is 6.53. The standard InChI is InChI=1S/C24H26FN3OS/c1-18(26-24(29)19-7-5-8-20(25)17-19)23(22-11-6-16-30-22)28-14-12-27(13-15-28)21-9-3-2-4-10-21/h2-11,16-18,23H,12-15H2,1H3,(H,26,29). The van der Waals surface area contributed by atoms with Crippen molar-refractivity contribution in [2.24, 2.45) is 0 Å². The van der Waals surface area contributed by atoms with Crippen LogP contribution in [0.25, 0.3) is 0 Å². The first kappa shape index (κ1) is 20.6. The molecule has 156 valence electrons. The molecule has 2 heterocycles. The fourth-order valence-electron chi connectivity index (χ4n) is 4.10. The monoisotopic (exact) mass is 423 g/mol. The zero-order chi connectivity index (χ0) is 20.9. The fourth-order valence-corrected chi connectivity index (χ4v) is 5.06. The molecule has 1 fully saturated rings. The number of anilines is 1. The molecule has 4 rings (SSSR count). The summed E-state index contributed by atoms with van der Waals surface area (Å²) >= 11 is 1.71. The van der Waals surface area contributed by atoms with Crippen LogP contribution >= 0.6 is 11.3 Å². The molecule has 2 unspecified atom stereocenters. The third kappa shape index (κ3) is 4.71. The van der Waals surface area contributed by atoms with Crippen LogP contribution in [-0.2, 0) is 0 Å². The number of halogens is 1. The quantitative estimate of drug-likeness (QED) is 0.631. The van der Waals surface area contributed by atoms with Gasteiger partial charge >= 0.3 is 0 Å². The van der Waals surface area contributed by atoms with E-state index in [1.54, 1.807) is 23.5 Å². The van der Waals surface area contributed by atoms with Crippen LogP contribution in [-0.4, -0.2) is 43.0 Å². The van der Waals surface area contributed by atoms with Crippen LogP contribution in [0, 0.1) is 5.82 Å². The minimum Gasteiger partial charge on any atom is -0.369 e. The van der Waals surface area contributed by atoms with Crippen LogP contribution in [0.15, 0.2) is 72.1 Å². The highest BCUT2D eigenvalue weighted by Crippen LogP contribution is 2.30. The topological polar surface area (TPSA) is 35.6 Å². The average Bonchev–Trinajstić information content (AvgIpc) is 3.29. The Balaban J connectivity index is 1.46. The summed E-state index contributed by atoms with van der Waals surface area (Å²) < 4.78 is 13.5. The molecule has 1 aliphatic rings. The van der Waals surface area contributed by atoms with E-state index >= 15 is 0 Å². The summed E-state index contributed by atoms with van der Waals surface area (Å²) in [7, 11) is 0. The van der Waals surface area contributed by atoms with Gasteiger partial charge in [-0.25, -0.2) is 4.39 Å². The van der Waals surface area contributed by atoms with Gasteiger partial charge in [0.05, 0.1) is 6.04 Å². The molecule has 0 bridgehead atoms. The van der Waals surface area contributed by atoms with Gasteiger partial charge in [-0.3, -0.25) is 9.69 Å².